The number of benzene rings is 2. The van der Waals surface area contributed by atoms with Gasteiger partial charge in [0.1, 0.15) is 12.8 Å². The van der Waals surface area contributed by atoms with Gasteiger partial charge in [0, 0.05) is 30.8 Å². The van der Waals surface area contributed by atoms with Crippen LogP contribution in [0.15, 0.2) is 107 Å². The van der Waals surface area contributed by atoms with E-state index in [1.165, 1.54) is 11.1 Å². The highest BCUT2D eigenvalue weighted by Crippen LogP contribution is 2.63. The fourth-order valence-electron chi connectivity index (χ4n) is 10.3. The molecule has 59 heavy (non-hydrogen) atoms. The van der Waals surface area contributed by atoms with E-state index in [1.807, 2.05) is 56.3 Å². The summed E-state index contributed by atoms with van der Waals surface area (Å²) in [5.41, 5.74) is 12.7. The zero-order valence-corrected chi connectivity index (χ0v) is 35.1. The SMILES string of the molecule is C=C1/C=C/C=C(/[C@H]2CC[C@@]3([C@H](CCCO)/C(=C(\C)C(=O)Cc4cccc5c4CC(=O)N[C@@H]5N)CC[C@@]3(C)O)[C@@H]2O)COCC#CC/C(CCCc2ccccc2)=C\CC1. The molecule has 2 aliphatic carbocycles. The van der Waals surface area contributed by atoms with Crippen LogP contribution in [-0.2, 0) is 33.6 Å². The van der Waals surface area contributed by atoms with E-state index in [1.54, 1.807) is 0 Å². The number of carbonyl (C=O) groups is 2. The summed E-state index contributed by atoms with van der Waals surface area (Å²) in [4.78, 5) is 26.6. The van der Waals surface area contributed by atoms with Crippen molar-refractivity contribution in [3.05, 3.63) is 130 Å². The summed E-state index contributed by atoms with van der Waals surface area (Å²) in [7, 11) is 0. The lowest BCUT2D eigenvalue weighted by Gasteiger charge is -2.55. The van der Waals surface area contributed by atoms with Gasteiger partial charge in [-0.3, -0.25) is 9.59 Å². The van der Waals surface area contributed by atoms with Gasteiger partial charge in [-0.25, -0.2) is 0 Å². The van der Waals surface area contributed by atoms with Gasteiger partial charge in [0.05, 0.1) is 24.7 Å². The van der Waals surface area contributed by atoms with Gasteiger partial charge in [0.15, 0.2) is 5.78 Å². The second kappa shape index (κ2) is 20.3. The summed E-state index contributed by atoms with van der Waals surface area (Å²) in [6.07, 6.45) is 15.8. The first-order chi connectivity index (χ1) is 28.4. The molecule has 2 heterocycles. The molecule has 0 saturated heterocycles. The van der Waals surface area contributed by atoms with Crippen molar-refractivity contribution in [1.82, 2.24) is 5.32 Å². The van der Waals surface area contributed by atoms with Crippen LogP contribution in [0.25, 0.3) is 0 Å². The number of aliphatic hydroxyl groups excluding tert-OH is 2. The maximum Gasteiger partial charge on any atom is 0.225 e. The minimum absolute atomic E-state index is 0.0353. The van der Waals surface area contributed by atoms with E-state index in [0.29, 0.717) is 50.5 Å². The van der Waals surface area contributed by atoms with Crippen LogP contribution in [0.2, 0.25) is 0 Å². The van der Waals surface area contributed by atoms with Crippen LogP contribution < -0.4 is 11.1 Å². The summed E-state index contributed by atoms with van der Waals surface area (Å²) < 4.78 is 6.19. The van der Waals surface area contributed by atoms with Crippen molar-refractivity contribution in [3.8, 4) is 11.8 Å². The maximum absolute atomic E-state index is 14.2. The number of ketones is 1. The molecule has 4 aliphatic rings. The lowest BCUT2D eigenvalue weighted by molar-refractivity contribution is -0.167. The number of allylic oxidation sites excluding steroid dienone is 8. The molecular weight excluding hydrogens is 737 g/mol. The van der Waals surface area contributed by atoms with Crippen LogP contribution in [0, 0.1) is 29.1 Å². The molecule has 2 aliphatic heterocycles. The number of hydrogen-bond donors (Lipinski definition) is 5. The van der Waals surface area contributed by atoms with Crippen LogP contribution in [0.4, 0.5) is 0 Å². The Kier molecular flexibility index (Phi) is 15.2. The third-order valence-electron chi connectivity index (χ3n) is 13.6. The normalized spacial score (nSPS) is 30.9. The maximum atomic E-state index is 14.2. The number of ether oxygens (including phenoxy) is 1. The lowest BCUT2D eigenvalue weighted by atomic mass is 9.52. The van der Waals surface area contributed by atoms with Crippen LogP contribution in [0.3, 0.4) is 0 Å². The molecule has 1 amide bonds. The molecule has 8 nitrogen and oxygen atoms in total. The summed E-state index contributed by atoms with van der Waals surface area (Å²) in [6, 6.07) is 16.2. The minimum atomic E-state index is -1.22. The van der Waals surface area contributed by atoms with E-state index < -0.39 is 23.3 Å². The number of nitrogens with one attached hydrogen (secondary N) is 1. The number of hydrogen-bond acceptors (Lipinski definition) is 7. The molecule has 2 saturated carbocycles. The molecule has 0 aromatic heterocycles. The van der Waals surface area contributed by atoms with E-state index in [9.17, 15) is 24.9 Å². The highest BCUT2D eigenvalue weighted by molar-refractivity contribution is 5.97. The molecule has 6 atom stereocenters. The molecule has 6 N–H and O–H groups in total. The quantitative estimate of drug-likeness (QED) is 0.0895. The predicted molar refractivity (Wildman–Crippen MR) is 234 cm³/mol. The van der Waals surface area contributed by atoms with E-state index in [4.69, 9.17) is 10.5 Å². The largest absolute Gasteiger partial charge is 0.396 e. The van der Waals surface area contributed by atoms with Crippen molar-refractivity contribution in [2.24, 2.45) is 23.0 Å². The van der Waals surface area contributed by atoms with Crippen LogP contribution in [0.1, 0.15) is 113 Å². The number of nitrogens with two attached hydrogens (primary N) is 1. The van der Waals surface area contributed by atoms with Crippen molar-refractivity contribution in [3.63, 3.8) is 0 Å². The van der Waals surface area contributed by atoms with Crippen LogP contribution >= 0.6 is 0 Å². The van der Waals surface area contributed by atoms with Crippen LogP contribution in [0.5, 0.6) is 0 Å². The van der Waals surface area contributed by atoms with Gasteiger partial charge in [0.2, 0.25) is 5.91 Å². The molecule has 0 bridgehead atoms. The topological polar surface area (TPSA) is 142 Å². The number of fused-ring (bicyclic) bond motifs is 1. The number of rotatable bonds is 11. The van der Waals surface area contributed by atoms with Crippen molar-refractivity contribution >= 4 is 11.7 Å². The minimum Gasteiger partial charge on any atom is -0.396 e. The second-order valence-corrected chi connectivity index (χ2v) is 17.3. The zero-order valence-electron chi connectivity index (χ0n) is 35.1. The van der Waals surface area contributed by atoms with E-state index >= 15 is 0 Å². The van der Waals surface area contributed by atoms with Gasteiger partial charge >= 0.3 is 0 Å². The Balaban J connectivity index is 1.21. The molecule has 2 fully saturated rings. The van der Waals surface area contributed by atoms with Crippen molar-refractivity contribution < 1.29 is 29.6 Å². The van der Waals surface area contributed by atoms with Gasteiger partial charge < -0.3 is 31.1 Å². The molecule has 6 rings (SSSR count). The number of amides is 1. The Hall–Kier alpha value is -4.36. The second-order valence-electron chi connectivity index (χ2n) is 17.3. The molecule has 314 valence electrons. The van der Waals surface area contributed by atoms with Crippen molar-refractivity contribution in [2.75, 3.05) is 19.8 Å². The standard InChI is InChI=1S/C51H64N2O6/c1-35-14-9-19-38(21-11-20-37-16-5-4-6-17-37)18-7-8-31-59-34-40(23-10-15-35)42-27-29-51(48(42)57)45(25-13-30-54)41(26-28-50(51,3)58)36(2)46(55)32-39-22-12-24-43-44(39)33-47(56)53-49(43)52/h4-6,10,12,15-17,19,22-24,42,45,48-49,54,57-58H,1,9,11,13-14,18,20-21,25-34,52H2,2-3H3,(H,53,56)/b15-10+,38-19+,40-23+,41-36+/t42-,45-,48-,49+,50-,51-/m1/s1. The molecule has 2 aromatic carbocycles. The van der Waals surface area contributed by atoms with E-state index in [0.717, 1.165) is 65.5 Å². The lowest BCUT2D eigenvalue weighted by Crippen LogP contribution is -2.59. The highest BCUT2D eigenvalue weighted by Gasteiger charge is 2.64. The smallest absolute Gasteiger partial charge is 0.225 e. The van der Waals surface area contributed by atoms with E-state index in [-0.39, 0.29) is 56.2 Å². The van der Waals surface area contributed by atoms with Crippen LogP contribution in [-0.4, -0.2) is 58.5 Å². The fourth-order valence-corrected chi connectivity index (χ4v) is 10.3. The number of Topliss-reactive ketones (excluding diaryl/α,β-unsaturated/α-hetero) is 1. The Morgan fingerprint density at radius 1 is 1.07 bits per heavy atom. The third-order valence-corrected chi connectivity index (χ3v) is 13.6. The number of aryl methyl sites for hydroxylation is 1. The molecule has 0 unspecified atom stereocenters. The van der Waals surface area contributed by atoms with Gasteiger partial charge in [-0.1, -0.05) is 108 Å². The van der Waals surface area contributed by atoms with E-state index in [2.05, 4.69) is 54.1 Å². The molecule has 2 aromatic rings. The Labute approximate surface area is 351 Å². The molecule has 0 radical (unpaired) electrons. The first kappa shape index (κ1) is 44.2. The number of aliphatic hydroxyl groups is 3. The summed E-state index contributed by atoms with van der Waals surface area (Å²) in [5.74, 6) is 5.72. The summed E-state index contributed by atoms with van der Waals surface area (Å²) in [6.45, 7) is 8.55. The highest BCUT2D eigenvalue weighted by atomic mass is 16.5. The monoisotopic (exact) mass is 800 g/mol. The molecular formula is C51H64N2O6. The predicted octanol–water partition coefficient (Wildman–Crippen LogP) is 7.63. The van der Waals surface area contributed by atoms with Crippen molar-refractivity contribution in [2.45, 2.75) is 122 Å². The fraction of sp³-hybridized carbons (Fsp3) is 0.490. The first-order valence-electron chi connectivity index (χ1n) is 21.6. The summed E-state index contributed by atoms with van der Waals surface area (Å²) in [5, 5.41) is 37.9. The average molecular weight is 801 g/mol. The average Bonchev–Trinajstić information content (AvgIpc) is 3.55. The van der Waals surface area contributed by atoms with Crippen molar-refractivity contribution in [1.29, 1.82) is 0 Å². The van der Waals surface area contributed by atoms with Gasteiger partial charge in [0.25, 0.3) is 0 Å². The molecule has 8 heteroatoms. The third kappa shape index (κ3) is 10.3. The number of carbonyl (C=O) groups excluding carboxylic acids is 2. The van der Waals surface area contributed by atoms with Gasteiger partial charge in [-0.2, -0.15) is 0 Å². The molecule has 1 spiro atoms. The zero-order chi connectivity index (χ0) is 42.0. The first-order valence-corrected chi connectivity index (χ1v) is 21.6. The Bertz CT molecular complexity index is 2030. The summed E-state index contributed by atoms with van der Waals surface area (Å²) >= 11 is 0. The Morgan fingerprint density at radius 3 is 2.68 bits per heavy atom. The van der Waals surface area contributed by atoms with Gasteiger partial charge in [-0.05, 0) is 124 Å². The Morgan fingerprint density at radius 2 is 1.88 bits per heavy atom. The van der Waals surface area contributed by atoms with Gasteiger partial charge in [-0.15, -0.1) is 0 Å².